The van der Waals surface area contributed by atoms with Crippen LogP contribution in [0.15, 0.2) is 52.8 Å². The first kappa shape index (κ1) is 16.4. The van der Waals surface area contributed by atoms with Crippen molar-refractivity contribution in [3.05, 3.63) is 64.0 Å². The van der Waals surface area contributed by atoms with E-state index in [-0.39, 0.29) is 23.3 Å². The molecule has 0 bridgehead atoms. The van der Waals surface area contributed by atoms with E-state index >= 15 is 0 Å². The first-order valence-corrected chi connectivity index (χ1v) is 8.82. The molecule has 4 aromatic rings. The number of carbonyl (C=O) groups is 1. The van der Waals surface area contributed by atoms with Gasteiger partial charge < -0.3 is 9.88 Å². The van der Waals surface area contributed by atoms with E-state index < -0.39 is 5.82 Å². The van der Waals surface area contributed by atoms with Crippen LogP contribution in [0, 0.1) is 5.82 Å². The van der Waals surface area contributed by atoms with E-state index in [0.29, 0.717) is 16.4 Å². The van der Waals surface area contributed by atoms with Crippen LogP contribution in [0.3, 0.4) is 0 Å². The summed E-state index contributed by atoms with van der Waals surface area (Å²) in [4.78, 5) is 29.2. The predicted octanol–water partition coefficient (Wildman–Crippen LogP) is 3.16. The fourth-order valence-corrected chi connectivity index (χ4v) is 3.67. The van der Waals surface area contributed by atoms with Crippen LogP contribution >= 0.6 is 11.3 Å². The van der Waals surface area contributed by atoms with Gasteiger partial charge in [-0.3, -0.25) is 9.59 Å². The average molecular weight is 367 g/mol. The fraction of sp³-hybridized carbons (Fsp3) is 0.105. The molecule has 5 nitrogen and oxygen atoms in total. The third kappa shape index (κ3) is 2.66. The molecule has 0 aliphatic heterocycles. The van der Waals surface area contributed by atoms with Gasteiger partial charge in [0.2, 0.25) is 5.91 Å². The molecule has 0 saturated carbocycles. The number of pyridine rings is 1. The molecule has 0 unspecified atom stereocenters. The van der Waals surface area contributed by atoms with Crippen molar-refractivity contribution in [1.29, 1.82) is 0 Å². The van der Waals surface area contributed by atoms with E-state index in [9.17, 15) is 14.0 Å². The molecule has 4 rings (SSSR count). The Morgan fingerprint density at radius 3 is 2.77 bits per heavy atom. The second-order valence-corrected chi connectivity index (χ2v) is 6.71. The van der Waals surface area contributed by atoms with Crippen molar-refractivity contribution in [2.45, 2.75) is 6.54 Å². The molecule has 7 heteroatoms. The highest BCUT2D eigenvalue weighted by Gasteiger charge is 2.15. The number of carbonyl (C=O) groups excluding carboxylic acids is 1. The zero-order valence-corrected chi connectivity index (χ0v) is 14.6. The van der Waals surface area contributed by atoms with Gasteiger partial charge in [-0.25, -0.2) is 9.37 Å². The minimum atomic E-state index is -0.486. The Morgan fingerprint density at radius 2 is 2.04 bits per heavy atom. The number of thiazole rings is 1. The standard InChI is InChI=1S/C19H14FN3O2S/c1-21-17(24)10-23-15-5-3-12(20)9-14(15)18(25)13-4-2-11(8-16(13)23)19-22-6-7-26-19/h2-9H,10H2,1H3,(H,21,24). The van der Waals surface area contributed by atoms with Gasteiger partial charge in [-0.15, -0.1) is 11.3 Å². The van der Waals surface area contributed by atoms with E-state index in [1.54, 1.807) is 23.9 Å². The Morgan fingerprint density at radius 1 is 1.19 bits per heavy atom. The molecule has 0 spiro atoms. The van der Waals surface area contributed by atoms with E-state index in [2.05, 4.69) is 10.3 Å². The van der Waals surface area contributed by atoms with Gasteiger partial charge in [0.1, 0.15) is 17.4 Å². The number of amides is 1. The Balaban J connectivity index is 2.10. The summed E-state index contributed by atoms with van der Waals surface area (Å²) in [7, 11) is 1.55. The zero-order valence-electron chi connectivity index (χ0n) is 13.8. The number of halogens is 1. The first-order chi connectivity index (χ1) is 12.6. The summed E-state index contributed by atoms with van der Waals surface area (Å²) in [6.45, 7) is 0.0245. The van der Waals surface area contributed by atoms with E-state index in [1.165, 1.54) is 29.5 Å². The van der Waals surface area contributed by atoms with Crippen LogP contribution < -0.4 is 10.7 Å². The second-order valence-electron chi connectivity index (χ2n) is 5.82. The minimum Gasteiger partial charge on any atom is -0.358 e. The van der Waals surface area contributed by atoms with Crippen molar-refractivity contribution in [3.8, 4) is 10.6 Å². The van der Waals surface area contributed by atoms with Gasteiger partial charge in [0, 0.05) is 35.0 Å². The summed E-state index contributed by atoms with van der Waals surface area (Å²) in [6.07, 6.45) is 1.71. The molecule has 130 valence electrons. The number of likely N-dealkylation sites (N-methyl/N-ethyl adjacent to an activating group) is 1. The monoisotopic (exact) mass is 367 g/mol. The molecule has 26 heavy (non-hydrogen) atoms. The minimum absolute atomic E-state index is 0.0245. The van der Waals surface area contributed by atoms with Crippen molar-refractivity contribution >= 4 is 39.0 Å². The number of aromatic nitrogens is 2. The van der Waals surface area contributed by atoms with Crippen LogP contribution in [0.1, 0.15) is 0 Å². The maximum atomic E-state index is 13.7. The maximum Gasteiger partial charge on any atom is 0.239 e. The first-order valence-electron chi connectivity index (χ1n) is 7.95. The fourth-order valence-electron chi connectivity index (χ4n) is 3.04. The van der Waals surface area contributed by atoms with Gasteiger partial charge in [0.25, 0.3) is 0 Å². The number of nitrogens with one attached hydrogen (secondary N) is 1. The van der Waals surface area contributed by atoms with Crippen molar-refractivity contribution < 1.29 is 9.18 Å². The van der Waals surface area contributed by atoms with Gasteiger partial charge in [-0.1, -0.05) is 6.07 Å². The van der Waals surface area contributed by atoms with Gasteiger partial charge in [-0.2, -0.15) is 0 Å². The zero-order chi connectivity index (χ0) is 18.3. The van der Waals surface area contributed by atoms with E-state index in [0.717, 1.165) is 10.6 Å². The van der Waals surface area contributed by atoms with Crippen LogP contribution in [0.4, 0.5) is 4.39 Å². The second kappa shape index (κ2) is 6.34. The third-order valence-electron chi connectivity index (χ3n) is 4.29. The Bertz CT molecular complexity index is 1200. The van der Waals surface area contributed by atoms with E-state index in [1.807, 2.05) is 17.5 Å². The smallest absolute Gasteiger partial charge is 0.239 e. The highest BCUT2D eigenvalue weighted by Crippen LogP contribution is 2.27. The number of hydrogen-bond acceptors (Lipinski definition) is 4. The molecule has 0 aliphatic carbocycles. The van der Waals surface area contributed by atoms with E-state index in [4.69, 9.17) is 0 Å². The highest BCUT2D eigenvalue weighted by molar-refractivity contribution is 7.13. The summed E-state index contributed by atoms with van der Waals surface area (Å²) >= 11 is 1.49. The number of rotatable bonds is 3. The van der Waals surface area contributed by atoms with Gasteiger partial charge >= 0.3 is 0 Å². The quantitative estimate of drug-likeness (QED) is 0.566. The molecule has 0 radical (unpaired) electrons. The lowest BCUT2D eigenvalue weighted by molar-refractivity contribution is -0.121. The highest BCUT2D eigenvalue weighted by atomic mass is 32.1. The molecule has 0 atom stereocenters. The number of fused-ring (bicyclic) bond motifs is 2. The lowest BCUT2D eigenvalue weighted by atomic mass is 10.1. The van der Waals surface area contributed by atoms with Crippen LogP contribution in [-0.4, -0.2) is 22.5 Å². The summed E-state index contributed by atoms with van der Waals surface area (Å²) in [5.41, 5.74) is 1.74. The largest absolute Gasteiger partial charge is 0.358 e. The molecule has 0 fully saturated rings. The third-order valence-corrected chi connectivity index (χ3v) is 5.11. The predicted molar refractivity (Wildman–Crippen MR) is 101 cm³/mol. The maximum absolute atomic E-state index is 13.7. The molecule has 0 saturated heterocycles. The Hall–Kier alpha value is -3.06. The number of benzene rings is 2. The van der Waals surface area contributed by atoms with Crippen molar-refractivity contribution in [2.75, 3.05) is 7.05 Å². The van der Waals surface area contributed by atoms with Crippen LogP contribution in [-0.2, 0) is 11.3 Å². The Labute approximate surface area is 151 Å². The van der Waals surface area contributed by atoms with Gasteiger partial charge in [-0.05, 0) is 30.3 Å². The summed E-state index contributed by atoms with van der Waals surface area (Å²) in [6, 6.07) is 9.41. The lowest BCUT2D eigenvalue weighted by Crippen LogP contribution is -2.25. The lowest BCUT2D eigenvalue weighted by Gasteiger charge is -2.15. The van der Waals surface area contributed by atoms with Crippen molar-refractivity contribution in [3.63, 3.8) is 0 Å². The molecular weight excluding hydrogens is 353 g/mol. The van der Waals surface area contributed by atoms with Crippen molar-refractivity contribution in [2.24, 2.45) is 0 Å². The number of nitrogens with zero attached hydrogens (tertiary/aromatic N) is 2. The summed E-state index contributed by atoms with van der Waals surface area (Å²) in [5.74, 6) is -0.694. The van der Waals surface area contributed by atoms with Crippen LogP contribution in [0.2, 0.25) is 0 Å². The van der Waals surface area contributed by atoms with Gasteiger partial charge in [0.15, 0.2) is 5.43 Å². The van der Waals surface area contributed by atoms with Gasteiger partial charge in [0.05, 0.1) is 11.0 Å². The molecular formula is C19H14FN3O2S. The molecule has 1 amide bonds. The van der Waals surface area contributed by atoms with Crippen LogP contribution in [0.5, 0.6) is 0 Å². The molecule has 2 heterocycles. The molecule has 1 N–H and O–H groups in total. The van der Waals surface area contributed by atoms with Crippen molar-refractivity contribution in [1.82, 2.24) is 14.9 Å². The normalized spacial score (nSPS) is 11.2. The Kier molecular flexibility index (Phi) is 4.00. The summed E-state index contributed by atoms with van der Waals surface area (Å²) in [5, 5.41) is 5.98. The molecule has 2 aromatic heterocycles. The average Bonchev–Trinajstić information content (AvgIpc) is 3.19. The topological polar surface area (TPSA) is 64.0 Å². The van der Waals surface area contributed by atoms with Crippen LogP contribution in [0.25, 0.3) is 32.4 Å². The SMILES string of the molecule is CNC(=O)Cn1c2ccc(F)cc2c(=O)c2ccc(-c3nccs3)cc21. The molecule has 2 aromatic carbocycles. The summed E-state index contributed by atoms with van der Waals surface area (Å²) < 4.78 is 15.4. The molecule has 0 aliphatic rings. The number of hydrogen-bond donors (Lipinski definition) is 1.